The Morgan fingerprint density at radius 3 is 2.39 bits per heavy atom. The van der Waals surface area contributed by atoms with Gasteiger partial charge in [0.1, 0.15) is 5.82 Å². The van der Waals surface area contributed by atoms with Crippen molar-refractivity contribution in [3.8, 4) is 0 Å². The lowest BCUT2D eigenvalue weighted by molar-refractivity contribution is 0.622. The van der Waals surface area contributed by atoms with Gasteiger partial charge in [-0.2, -0.15) is 10.2 Å². The first-order chi connectivity index (χ1) is 14.9. The second kappa shape index (κ2) is 10.9. The third kappa shape index (κ3) is 5.92. The minimum absolute atomic E-state index is 0.416. The van der Waals surface area contributed by atoms with E-state index in [9.17, 15) is 4.39 Å². The molecule has 0 spiro atoms. The monoisotopic (exact) mass is 417 g/mol. The molecule has 0 amide bonds. The number of hydrogen-bond acceptors (Lipinski definition) is 5. The van der Waals surface area contributed by atoms with Gasteiger partial charge in [0.15, 0.2) is 0 Å². The smallest absolute Gasteiger partial charge is 0.143 e. The minimum atomic E-state index is -0.416. The van der Waals surface area contributed by atoms with Crippen molar-refractivity contribution in [3.63, 3.8) is 0 Å². The summed E-state index contributed by atoms with van der Waals surface area (Å²) in [6.45, 7) is 16.2. The number of hydrogen-bond donors (Lipinski definition) is 1. The van der Waals surface area contributed by atoms with Gasteiger partial charge in [-0.25, -0.2) is 4.39 Å². The molecule has 0 radical (unpaired) electrons. The maximum atomic E-state index is 13.4. The van der Waals surface area contributed by atoms with E-state index in [1.54, 1.807) is 13.2 Å². The molecule has 2 aromatic heterocycles. The first kappa shape index (κ1) is 23.6. The number of benzene rings is 1. The van der Waals surface area contributed by atoms with E-state index in [-0.39, 0.29) is 0 Å². The molecule has 0 bridgehead atoms. The van der Waals surface area contributed by atoms with E-state index in [2.05, 4.69) is 38.7 Å². The largest absolute Gasteiger partial charge is 0.354 e. The van der Waals surface area contributed by atoms with Crippen LogP contribution in [0.15, 0.2) is 72.3 Å². The molecular weight excluding hydrogens is 389 g/mol. The number of azo groups is 1. The summed E-state index contributed by atoms with van der Waals surface area (Å²) in [5.41, 5.74) is 7.33. The van der Waals surface area contributed by atoms with Crippen molar-refractivity contribution in [1.82, 2.24) is 9.97 Å². The molecule has 160 valence electrons. The van der Waals surface area contributed by atoms with Gasteiger partial charge in [0.2, 0.25) is 0 Å². The van der Waals surface area contributed by atoms with Crippen molar-refractivity contribution < 1.29 is 4.39 Å². The standard InChI is InChI=1S/C23H22FN5.C2H6/c1-14-8-18(6-7-23(14)29-25-5)15(2)22-9-19(11-27-17(22)4)16(3)28-21-10-20(24)12-26-13-21;1-2/h6-13,28H,2-3H2,1,4-5H3;1-2H3. The van der Waals surface area contributed by atoms with E-state index in [1.165, 1.54) is 12.3 Å². The quantitative estimate of drug-likeness (QED) is 0.434. The molecule has 1 aromatic carbocycles. The number of halogens is 1. The Hall–Kier alpha value is -3.67. The number of anilines is 1. The molecule has 0 fully saturated rings. The van der Waals surface area contributed by atoms with Crippen LogP contribution in [0.4, 0.5) is 15.8 Å². The van der Waals surface area contributed by atoms with Crippen LogP contribution in [0.25, 0.3) is 11.3 Å². The van der Waals surface area contributed by atoms with Crippen LogP contribution in [0.5, 0.6) is 0 Å². The van der Waals surface area contributed by atoms with Gasteiger partial charge in [-0.3, -0.25) is 9.97 Å². The Kier molecular flexibility index (Phi) is 8.32. The Bertz CT molecular complexity index is 1120. The van der Waals surface area contributed by atoms with Gasteiger partial charge in [-0.1, -0.05) is 33.1 Å². The average molecular weight is 418 g/mol. The molecule has 0 aliphatic heterocycles. The van der Waals surface area contributed by atoms with E-state index in [1.807, 2.05) is 52.0 Å². The van der Waals surface area contributed by atoms with Gasteiger partial charge < -0.3 is 5.32 Å². The first-order valence-electron chi connectivity index (χ1n) is 10.0. The first-order valence-corrected chi connectivity index (χ1v) is 10.0. The molecular formula is C25H28FN5. The molecule has 6 heteroatoms. The zero-order valence-corrected chi connectivity index (χ0v) is 18.7. The number of aryl methyl sites for hydroxylation is 2. The maximum Gasteiger partial charge on any atom is 0.143 e. The summed E-state index contributed by atoms with van der Waals surface area (Å²) in [5, 5.41) is 11.0. The fourth-order valence-electron chi connectivity index (χ4n) is 2.95. The van der Waals surface area contributed by atoms with Crippen LogP contribution in [0.1, 0.15) is 41.8 Å². The van der Waals surface area contributed by atoms with E-state index < -0.39 is 5.82 Å². The van der Waals surface area contributed by atoms with Crippen LogP contribution in [-0.4, -0.2) is 17.0 Å². The Labute approximate surface area is 183 Å². The summed E-state index contributed by atoms with van der Waals surface area (Å²) in [6.07, 6.45) is 4.41. The molecule has 1 N–H and O–H groups in total. The zero-order valence-electron chi connectivity index (χ0n) is 18.7. The van der Waals surface area contributed by atoms with Crippen molar-refractivity contribution in [1.29, 1.82) is 0 Å². The second-order valence-corrected chi connectivity index (χ2v) is 6.63. The molecule has 31 heavy (non-hydrogen) atoms. The third-order valence-electron chi connectivity index (χ3n) is 4.51. The fraction of sp³-hybridized carbons (Fsp3) is 0.200. The number of nitrogens with zero attached hydrogens (tertiary/aromatic N) is 4. The lowest BCUT2D eigenvalue weighted by atomic mass is 9.95. The summed E-state index contributed by atoms with van der Waals surface area (Å²) in [4.78, 5) is 8.33. The molecule has 0 atom stereocenters. The molecule has 5 nitrogen and oxygen atoms in total. The van der Waals surface area contributed by atoms with Crippen LogP contribution in [0.2, 0.25) is 0 Å². The van der Waals surface area contributed by atoms with Crippen LogP contribution in [0.3, 0.4) is 0 Å². The summed E-state index contributed by atoms with van der Waals surface area (Å²) >= 11 is 0. The number of pyridine rings is 2. The molecule has 2 heterocycles. The van der Waals surface area contributed by atoms with E-state index in [0.717, 1.165) is 45.4 Å². The van der Waals surface area contributed by atoms with Crippen molar-refractivity contribution in [3.05, 3.63) is 95.8 Å². The molecule has 0 aliphatic rings. The summed E-state index contributed by atoms with van der Waals surface area (Å²) in [7, 11) is 1.65. The van der Waals surface area contributed by atoms with Gasteiger partial charge in [0.05, 0.1) is 23.8 Å². The van der Waals surface area contributed by atoms with Crippen LogP contribution in [0, 0.1) is 19.7 Å². The lowest BCUT2D eigenvalue weighted by Gasteiger charge is -2.14. The summed E-state index contributed by atoms with van der Waals surface area (Å²) in [5.74, 6) is -0.416. The van der Waals surface area contributed by atoms with Crippen LogP contribution in [-0.2, 0) is 0 Å². The number of nitrogens with one attached hydrogen (secondary N) is 1. The Morgan fingerprint density at radius 1 is 1.00 bits per heavy atom. The Balaban J connectivity index is 0.00000166. The van der Waals surface area contributed by atoms with Gasteiger partial charge in [-0.05, 0) is 48.7 Å². The molecule has 3 rings (SSSR count). The summed E-state index contributed by atoms with van der Waals surface area (Å²) < 4.78 is 13.4. The van der Waals surface area contributed by atoms with Gasteiger partial charge >= 0.3 is 0 Å². The normalized spacial score (nSPS) is 10.4. The summed E-state index contributed by atoms with van der Waals surface area (Å²) in [6, 6.07) is 9.26. The topological polar surface area (TPSA) is 62.5 Å². The molecule has 0 saturated heterocycles. The van der Waals surface area contributed by atoms with Crippen LogP contribution >= 0.6 is 0 Å². The lowest BCUT2D eigenvalue weighted by Crippen LogP contribution is -2.02. The van der Waals surface area contributed by atoms with Crippen LogP contribution < -0.4 is 5.32 Å². The third-order valence-corrected chi connectivity index (χ3v) is 4.51. The SMILES string of the molecule is C=C(Nc1cncc(F)c1)c1cnc(C)c(C(=C)c2ccc(N=NC)c(C)c2)c1.CC. The number of aromatic nitrogens is 2. The average Bonchev–Trinajstić information content (AvgIpc) is 2.76. The zero-order chi connectivity index (χ0) is 23.0. The predicted octanol–water partition coefficient (Wildman–Crippen LogP) is 7.12. The molecule has 3 aromatic rings. The van der Waals surface area contributed by atoms with Crippen molar-refractivity contribution in [2.45, 2.75) is 27.7 Å². The minimum Gasteiger partial charge on any atom is -0.354 e. The predicted molar refractivity (Wildman–Crippen MR) is 127 cm³/mol. The number of rotatable bonds is 6. The van der Waals surface area contributed by atoms with Gasteiger partial charge in [-0.15, -0.1) is 0 Å². The van der Waals surface area contributed by atoms with Gasteiger partial charge in [0.25, 0.3) is 0 Å². The Morgan fingerprint density at radius 2 is 1.74 bits per heavy atom. The van der Waals surface area contributed by atoms with Gasteiger partial charge in [0, 0.05) is 41.8 Å². The molecule has 0 unspecified atom stereocenters. The van der Waals surface area contributed by atoms with Crippen molar-refractivity contribution in [2.75, 3.05) is 12.4 Å². The highest BCUT2D eigenvalue weighted by Crippen LogP contribution is 2.30. The van der Waals surface area contributed by atoms with E-state index in [4.69, 9.17) is 0 Å². The van der Waals surface area contributed by atoms with Crippen molar-refractivity contribution in [2.24, 2.45) is 10.2 Å². The highest BCUT2D eigenvalue weighted by molar-refractivity contribution is 5.83. The molecule has 0 aliphatic carbocycles. The molecule has 0 saturated carbocycles. The maximum absolute atomic E-state index is 13.4. The second-order valence-electron chi connectivity index (χ2n) is 6.63. The van der Waals surface area contributed by atoms with E-state index in [0.29, 0.717) is 11.4 Å². The van der Waals surface area contributed by atoms with Crippen molar-refractivity contribution >= 4 is 22.6 Å². The van der Waals surface area contributed by atoms with E-state index >= 15 is 0 Å². The fourth-order valence-corrected chi connectivity index (χ4v) is 2.95. The highest BCUT2D eigenvalue weighted by Gasteiger charge is 2.11. The highest BCUT2D eigenvalue weighted by atomic mass is 19.1.